The topological polar surface area (TPSA) is 104 Å². The molecule has 1 N–H and O–H groups in total. The minimum absolute atomic E-state index is 0.00973. The summed E-state index contributed by atoms with van der Waals surface area (Å²) in [7, 11) is 5.23. The van der Waals surface area contributed by atoms with E-state index in [-0.39, 0.29) is 30.6 Å². The minimum Gasteiger partial charge on any atom is -0.494 e. The number of aliphatic imine (C=N–C) groups is 1. The number of esters is 1. The van der Waals surface area contributed by atoms with Gasteiger partial charge >= 0.3 is 12.0 Å². The molecule has 0 spiro atoms. The third-order valence-electron chi connectivity index (χ3n) is 8.05. The van der Waals surface area contributed by atoms with E-state index in [4.69, 9.17) is 9.47 Å². The Morgan fingerprint density at radius 1 is 1.00 bits per heavy atom. The van der Waals surface area contributed by atoms with Crippen molar-refractivity contribution in [3.8, 4) is 5.75 Å². The van der Waals surface area contributed by atoms with E-state index in [2.05, 4.69) is 10.3 Å². The number of carbonyl (C=O) groups excluding carboxylic acids is 3. The molecule has 3 aliphatic rings. The van der Waals surface area contributed by atoms with Gasteiger partial charge in [0.1, 0.15) is 18.4 Å². The maximum atomic E-state index is 12.8. The van der Waals surface area contributed by atoms with Crippen LogP contribution in [0, 0.1) is 0 Å². The van der Waals surface area contributed by atoms with Gasteiger partial charge in [-0.05, 0) is 63.1 Å². The molecule has 0 atom stereocenters. The molecule has 0 unspecified atom stereocenters. The molecule has 2 saturated carbocycles. The van der Waals surface area contributed by atoms with Crippen LogP contribution in [0.5, 0.6) is 5.75 Å². The number of hydrogen-bond acceptors (Lipinski definition) is 7. The summed E-state index contributed by atoms with van der Waals surface area (Å²) in [5.74, 6) is 0.865. The number of ether oxygens (including phenoxy) is 2. The first-order chi connectivity index (χ1) is 19.3. The molecule has 0 aromatic heterocycles. The first-order valence-electron chi connectivity index (χ1n) is 14.8. The van der Waals surface area contributed by atoms with Gasteiger partial charge in [0.05, 0.1) is 12.3 Å². The predicted octanol–water partition coefficient (Wildman–Crippen LogP) is 4.59. The van der Waals surface area contributed by atoms with E-state index in [1.807, 2.05) is 30.1 Å². The van der Waals surface area contributed by atoms with Gasteiger partial charge in [-0.15, -0.1) is 0 Å². The van der Waals surface area contributed by atoms with Crippen LogP contribution in [-0.4, -0.2) is 85.0 Å². The van der Waals surface area contributed by atoms with Gasteiger partial charge < -0.3 is 24.2 Å². The van der Waals surface area contributed by atoms with Gasteiger partial charge in [-0.1, -0.05) is 25.7 Å². The van der Waals surface area contributed by atoms with Crippen molar-refractivity contribution in [3.05, 3.63) is 23.8 Å². The van der Waals surface area contributed by atoms with Gasteiger partial charge in [0.25, 0.3) is 0 Å². The van der Waals surface area contributed by atoms with Crippen LogP contribution in [0.2, 0.25) is 0 Å². The van der Waals surface area contributed by atoms with E-state index < -0.39 is 0 Å². The van der Waals surface area contributed by atoms with Crippen molar-refractivity contribution in [2.24, 2.45) is 4.99 Å². The minimum atomic E-state index is -0.323. The predicted molar refractivity (Wildman–Crippen MR) is 154 cm³/mol. The van der Waals surface area contributed by atoms with Crippen LogP contribution in [0.25, 0.3) is 0 Å². The Kier molecular flexibility index (Phi) is 10.7. The molecule has 0 radical (unpaired) electrons. The average molecular weight is 556 g/mol. The van der Waals surface area contributed by atoms with Crippen molar-refractivity contribution in [1.29, 1.82) is 0 Å². The Balaban J connectivity index is 1.34. The third-order valence-corrected chi connectivity index (χ3v) is 8.05. The lowest BCUT2D eigenvalue weighted by Gasteiger charge is -2.31. The fourth-order valence-corrected chi connectivity index (χ4v) is 5.62. The monoisotopic (exact) mass is 555 g/mol. The molecule has 4 rings (SSSR count). The van der Waals surface area contributed by atoms with E-state index in [0.29, 0.717) is 49.4 Å². The molecule has 10 heteroatoms. The normalized spacial score (nSPS) is 17.9. The number of carbonyl (C=O) groups is 3. The molecular formula is C30H45N5O5. The summed E-state index contributed by atoms with van der Waals surface area (Å²) in [5, 5.41) is 2.81. The highest BCUT2D eigenvalue weighted by atomic mass is 16.5. The first kappa shape index (κ1) is 29.7. The molecule has 40 heavy (non-hydrogen) atoms. The number of hydrogen-bond donors (Lipinski definition) is 1. The van der Waals surface area contributed by atoms with Gasteiger partial charge in [0, 0.05) is 45.7 Å². The second kappa shape index (κ2) is 14.4. The number of urea groups is 1. The van der Waals surface area contributed by atoms with Crippen LogP contribution < -0.4 is 10.1 Å². The fraction of sp³-hybridized carbons (Fsp3) is 0.667. The quantitative estimate of drug-likeness (QED) is 0.353. The second-order valence-corrected chi connectivity index (χ2v) is 11.4. The third kappa shape index (κ3) is 8.35. The summed E-state index contributed by atoms with van der Waals surface area (Å²) in [6.45, 7) is 0.807. The van der Waals surface area contributed by atoms with Crippen LogP contribution in [0.4, 0.5) is 10.5 Å². The van der Waals surface area contributed by atoms with Crippen molar-refractivity contribution in [2.45, 2.75) is 95.7 Å². The SMILES string of the molecule is CN(C)C(=O)NC1=Nc2ccc(OCCCC(=O)N(C)C3CCCCC3)cc2CN1CC(=O)OC1CCCCC1. The molecule has 2 aliphatic carbocycles. The number of guanidine groups is 1. The Bertz CT molecular complexity index is 1060. The van der Waals surface area contributed by atoms with Crippen LogP contribution in [-0.2, 0) is 20.9 Å². The maximum absolute atomic E-state index is 12.8. The van der Waals surface area contributed by atoms with E-state index in [1.54, 1.807) is 19.0 Å². The van der Waals surface area contributed by atoms with Crippen molar-refractivity contribution in [1.82, 2.24) is 20.0 Å². The first-order valence-corrected chi connectivity index (χ1v) is 14.8. The molecule has 2 fully saturated rings. The molecule has 0 bridgehead atoms. The number of amides is 3. The summed E-state index contributed by atoms with van der Waals surface area (Å²) in [5.41, 5.74) is 1.60. The van der Waals surface area contributed by atoms with E-state index in [9.17, 15) is 14.4 Å². The lowest BCUT2D eigenvalue weighted by molar-refractivity contribution is -0.151. The van der Waals surface area contributed by atoms with Crippen LogP contribution >= 0.6 is 0 Å². The second-order valence-electron chi connectivity index (χ2n) is 11.4. The summed E-state index contributed by atoms with van der Waals surface area (Å²) in [4.78, 5) is 47.6. The zero-order valence-electron chi connectivity index (χ0n) is 24.3. The lowest BCUT2D eigenvalue weighted by Crippen LogP contribution is -2.50. The molecule has 10 nitrogen and oxygen atoms in total. The van der Waals surface area contributed by atoms with Crippen molar-refractivity contribution in [3.63, 3.8) is 0 Å². The lowest BCUT2D eigenvalue weighted by atomic mass is 9.94. The van der Waals surface area contributed by atoms with Gasteiger partial charge in [-0.25, -0.2) is 9.79 Å². The molecule has 220 valence electrons. The van der Waals surface area contributed by atoms with E-state index in [0.717, 1.165) is 44.1 Å². The largest absolute Gasteiger partial charge is 0.494 e. The van der Waals surface area contributed by atoms with E-state index in [1.165, 1.54) is 30.6 Å². The Hall–Kier alpha value is -3.30. The number of fused-ring (bicyclic) bond motifs is 1. The van der Waals surface area contributed by atoms with Crippen LogP contribution in [0.1, 0.15) is 82.6 Å². The summed E-state index contributed by atoms with van der Waals surface area (Å²) in [6, 6.07) is 5.66. The van der Waals surface area contributed by atoms with Crippen molar-refractivity contribution in [2.75, 3.05) is 34.3 Å². The Morgan fingerprint density at radius 3 is 2.40 bits per heavy atom. The van der Waals surface area contributed by atoms with Crippen LogP contribution in [0.3, 0.4) is 0 Å². The molecule has 3 amide bonds. The smallest absolute Gasteiger partial charge is 0.325 e. The molecule has 1 aliphatic heterocycles. The molecule has 1 aromatic rings. The summed E-state index contributed by atoms with van der Waals surface area (Å²) in [6.07, 6.45) is 12.1. The van der Waals surface area contributed by atoms with Crippen molar-refractivity contribution < 1.29 is 23.9 Å². The highest BCUT2D eigenvalue weighted by molar-refractivity contribution is 5.99. The highest BCUT2D eigenvalue weighted by Crippen LogP contribution is 2.30. The van der Waals surface area contributed by atoms with Gasteiger partial charge in [-0.3, -0.25) is 14.9 Å². The van der Waals surface area contributed by atoms with Gasteiger partial charge in [0.2, 0.25) is 11.9 Å². The average Bonchev–Trinajstić information content (AvgIpc) is 2.96. The molecular weight excluding hydrogens is 510 g/mol. The van der Waals surface area contributed by atoms with Crippen LogP contribution in [0.15, 0.2) is 23.2 Å². The Morgan fingerprint density at radius 2 is 1.70 bits per heavy atom. The number of rotatable bonds is 9. The standard InChI is InChI=1S/C30H45N5O5/c1-33(2)30(38)32-29-31-26-17-16-25(39-18-10-15-27(36)34(3)23-11-6-4-7-12-23)19-22(26)20-35(29)21-28(37)40-24-13-8-5-9-14-24/h16-17,19,23-24H,4-15,18,20-21H2,1-3H3,(H,31,32,38). The summed E-state index contributed by atoms with van der Waals surface area (Å²) >= 11 is 0. The van der Waals surface area contributed by atoms with Gasteiger partial charge in [0.15, 0.2) is 0 Å². The number of benzene rings is 1. The summed E-state index contributed by atoms with van der Waals surface area (Å²) < 4.78 is 11.7. The van der Waals surface area contributed by atoms with Crippen molar-refractivity contribution >= 4 is 29.6 Å². The van der Waals surface area contributed by atoms with E-state index >= 15 is 0 Å². The number of nitrogens with one attached hydrogen (secondary N) is 1. The molecule has 0 saturated heterocycles. The number of nitrogens with zero attached hydrogens (tertiary/aromatic N) is 4. The zero-order chi connectivity index (χ0) is 28.5. The van der Waals surface area contributed by atoms with Gasteiger partial charge in [-0.2, -0.15) is 0 Å². The molecule has 1 heterocycles. The maximum Gasteiger partial charge on any atom is 0.325 e. The molecule has 1 aromatic carbocycles. The highest BCUT2D eigenvalue weighted by Gasteiger charge is 2.27. The zero-order valence-corrected chi connectivity index (χ0v) is 24.3. The fourth-order valence-electron chi connectivity index (χ4n) is 5.62. The Labute approximate surface area is 238 Å².